The molecule has 2 aromatic heterocycles. The smallest absolute Gasteiger partial charge is 0.507 e. The zero-order valence-electron chi connectivity index (χ0n) is 46.3. The average molecular weight is 1140 g/mol. The second kappa shape index (κ2) is 19.7. The van der Waals surface area contributed by atoms with Crippen LogP contribution in [-0.4, -0.2) is 14.7 Å². The number of nitrogens with zero attached hydrogens (tertiary/aromatic N) is 3. The number of aromatic nitrogens is 3. The number of hydrogen-bond acceptors (Lipinski definition) is 2. The molecule has 0 aliphatic rings. The summed E-state index contributed by atoms with van der Waals surface area (Å²) in [6.07, 6.45) is 2.03. The summed E-state index contributed by atoms with van der Waals surface area (Å²) in [5.74, 6) is 0.00887. The molecule has 0 fully saturated rings. The topological polar surface area (TPSA) is 41.9 Å². The number of pyridine rings is 1. The minimum Gasteiger partial charge on any atom is -0.507 e. The molecule has 374 valence electrons. The molecular weight excluding hydrogens is 1070 g/mol. The fourth-order valence-electron chi connectivity index (χ4n) is 10.0. The molecule has 0 unspecified atom stereocenters. The molecule has 0 spiro atoms. The molecule has 2 heterocycles. The zero-order valence-corrected chi connectivity index (χ0v) is 47.6. The van der Waals surface area contributed by atoms with E-state index in [1.165, 1.54) is 5.56 Å². The fraction of sp³-hybridized carbons (Fsp3) is 0.279. The molecule has 0 bridgehead atoms. The van der Waals surface area contributed by atoms with Crippen molar-refractivity contribution in [1.29, 1.82) is 0 Å². The molecule has 9 aromatic rings. The maximum atomic E-state index is 12.8. The summed E-state index contributed by atoms with van der Waals surface area (Å²) in [6.45, 7) is 30.6. The van der Waals surface area contributed by atoms with Gasteiger partial charge < -0.3 is 9.67 Å². The van der Waals surface area contributed by atoms with Gasteiger partial charge >= 0.3 is 21.1 Å². The molecular formula is C68H72N3OPt+. The van der Waals surface area contributed by atoms with E-state index in [4.69, 9.17) is 4.98 Å². The van der Waals surface area contributed by atoms with E-state index in [0.717, 1.165) is 94.7 Å². The van der Waals surface area contributed by atoms with Gasteiger partial charge in [-0.2, -0.15) is 0 Å². The van der Waals surface area contributed by atoms with Crippen LogP contribution in [0, 0.1) is 13.1 Å². The van der Waals surface area contributed by atoms with E-state index in [2.05, 4.69) is 246 Å². The van der Waals surface area contributed by atoms with Crippen molar-refractivity contribution in [1.82, 2.24) is 9.55 Å². The number of benzene rings is 7. The summed E-state index contributed by atoms with van der Waals surface area (Å²) in [6, 6.07) is 57.7. The molecule has 0 aliphatic heterocycles. The van der Waals surface area contributed by atoms with Crippen LogP contribution in [0.1, 0.15) is 132 Å². The van der Waals surface area contributed by atoms with Crippen LogP contribution in [0.15, 0.2) is 158 Å². The molecule has 9 rings (SSSR count). The van der Waals surface area contributed by atoms with Crippen molar-refractivity contribution in [2.45, 2.75) is 124 Å². The van der Waals surface area contributed by atoms with Gasteiger partial charge in [0.1, 0.15) is 11.6 Å². The van der Waals surface area contributed by atoms with Crippen LogP contribution < -0.4 is 4.57 Å². The van der Waals surface area contributed by atoms with Crippen molar-refractivity contribution in [2.75, 3.05) is 0 Å². The van der Waals surface area contributed by atoms with Gasteiger partial charge in [0.2, 0.25) is 0 Å². The first-order chi connectivity index (χ1) is 34.2. The predicted octanol–water partition coefficient (Wildman–Crippen LogP) is 17.8. The van der Waals surface area contributed by atoms with E-state index in [1.807, 2.05) is 30.7 Å². The molecule has 0 saturated carbocycles. The van der Waals surface area contributed by atoms with Crippen LogP contribution in [0.4, 0.5) is 0 Å². The van der Waals surface area contributed by atoms with Gasteiger partial charge in [-0.05, 0) is 108 Å². The Bertz CT molecular complexity index is 3500. The summed E-state index contributed by atoms with van der Waals surface area (Å²) in [5.41, 5.74) is 17.8. The van der Waals surface area contributed by atoms with E-state index in [9.17, 15) is 6.48 Å². The third kappa shape index (κ3) is 10.4. The summed E-state index contributed by atoms with van der Waals surface area (Å²) in [5, 5.41) is 12.8. The first-order valence-electron chi connectivity index (χ1n) is 25.9. The molecule has 0 amide bonds. The van der Waals surface area contributed by atoms with Crippen molar-refractivity contribution in [3.63, 3.8) is 0 Å². The molecule has 0 radical (unpaired) electrons. The van der Waals surface area contributed by atoms with Gasteiger partial charge in [-0.3, -0.25) is 4.57 Å². The largest absolute Gasteiger partial charge is 2.00 e. The third-order valence-corrected chi connectivity index (χ3v) is 14.2. The second-order valence-electron chi connectivity index (χ2n) is 24.0. The van der Waals surface area contributed by atoms with E-state index >= 15 is 0 Å². The van der Waals surface area contributed by atoms with Crippen molar-refractivity contribution in [2.24, 2.45) is 0 Å². The Balaban J connectivity index is 0.00000729. The number of aromatic hydroxyl groups is 1. The minimum absolute atomic E-state index is 0. The van der Waals surface area contributed by atoms with Gasteiger partial charge in [-0.1, -0.05) is 211 Å². The van der Waals surface area contributed by atoms with E-state index in [-0.39, 0.29) is 48.5 Å². The molecule has 0 atom stereocenters. The molecule has 7 aromatic carbocycles. The number of phenols is 1. The quantitative estimate of drug-likeness (QED) is 0.122. The van der Waals surface area contributed by atoms with E-state index < -0.39 is 5.89 Å². The SMILES string of the molecule is [2H]C(C)(C)c1cccc(C(C)(C)C)c1-c1ccc(-n2c(-c3cc(C(C)(C)C)cc(C(C)(C)C)c3O)nc3c(-c4[c-]c(-c5cc(-c6ccccc6)cc[n+]5[CH2-])cc(C(C)(C)C)c4)cccc32)c(-c2ccccc2)c1.[Pt+2]. The van der Waals surface area contributed by atoms with Gasteiger partial charge in [0.05, 0.1) is 34.2 Å². The van der Waals surface area contributed by atoms with Gasteiger partial charge in [-0.15, -0.1) is 29.3 Å². The van der Waals surface area contributed by atoms with Gasteiger partial charge in [-0.25, -0.2) is 4.98 Å². The number of para-hydroxylation sites is 1. The normalized spacial score (nSPS) is 12.7. The zero-order chi connectivity index (χ0) is 52.6. The summed E-state index contributed by atoms with van der Waals surface area (Å²) >= 11 is 0. The van der Waals surface area contributed by atoms with Crippen LogP contribution in [0.2, 0.25) is 0 Å². The number of imidazole rings is 1. The first-order valence-corrected chi connectivity index (χ1v) is 25.4. The number of phenolic OH excluding ortho intramolecular Hbond substituents is 1. The van der Waals surface area contributed by atoms with Crippen molar-refractivity contribution < 1.29 is 32.1 Å². The summed E-state index contributed by atoms with van der Waals surface area (Å²) in [7, 11) is 4.45. The fourth-order valence-corrected chi connectivity index (χ4v) is 10.0. The van der Waals surface area contributed by atoms with E-state index in [0.29, 0.717) is 11.4 Å². The molecule has 5 heteroatoms. The standard InChI is InChI=1S/C68H72N3O.Pt/c1-43(2)52-28-22-30-56(67(9,10)11)61(52)47-32-33-58(54(39-47)45-26-20-17-21-27-45)71-59-31-23-29-53(62(59)69-64(71)55-41-51(66(6,7)8)42-57(63(55)72)68(12,13)14)48-36-49(38-50(37-48)65(3,4)5)60-40-46(34-35-70(60)15)44-24-18-16-19-25-44;/h16-35,37-43,72H,15H2,1-14H3;/q-1;+2/i43D;. The molecule has 0 saturated heterocycles. The molecule has 0 aliphatic carbocycles. The Kier molecular flexibility index (Phi) is 13.9. The molecule has 73 heavy (non-hydrogen) atoms. The Morgan fingerprint density at radius 2 is 1.16 bits per heavy atom. The Morgan fingerprint density at radius 3 is 1.78 bits per heavy atom. The van der Waals surface area contributed by atoms with Crippen LogP contribution >= 0.6 is 0 Å². The maximum absolute atomic E-state index is 12.8. The predicted molar refractivity (Wildman–Crippen MR) is 304 cm³/mol. The van der Waals surface area contributed by atoms with E-state index in [1.54, 1.807) is 0 Å². The minimum atomic E-state index is -0.855. The van der Waals surface area contributed by atoms with Crippen LogP contribution in [0.25, 0.3) is 83.9 Å². The Morgan fingerprint density at radius 1 is 0.562 bits per heavy atom. The molecule has 1 N–H and O–H groups in total. The van der Waals surface area contributed by atoms with Crippen LogP contribution in [-0.2, 0) is 42.7 Å². The van der Waals surface area contributed by atoms with Crippen molar-refractivity contribution >= 4 is 11.0 Å². The van der Waals surface area contributed by atoms with Crippen LogP contribution in [0.3, 0.4) is 0 Å². The Hall–Kier alpha value is -6.48. The van der Waals surface area contributed by atoms with Crippen molar-refractivity contribution in [3.05, 3.63) is 199 Å². The monoisotopic (exact) mass is 1140 g/mol. The van der Waals surface area contributed by atoms with Gasteiger partial charge in [0.25, 0.3) is 0 Å². The molecule has 4 nitrogen and oxygen atoms in total. The first kappa shape index (κ1) is 51.4. The number of fused-ring (bicyclic) bond motifs is 1. The summed E-state index contributed by atoms with van der Waals surface area (Å²) < 4.78 is 13.6. The van der Waals surface area contributed by atoms with Gasteiger partial charge in [0.15, 0.2) is 0 Å². The van der Waals surface area contributed by atoms with Crippen molar-refractivity contribution in [3.8, 4) is 78.6 Å². The second-order valence-corrected chi connectivity index (χ2v) is 24.0. The maximum Gasteiger partial charge on any atom is 2.00 e. The summed E-state index contributed by atoms with van der Waals surface area (Å²) in [4.78, 5) is 5.76. The Labute approximate surface area is 451 Å². The van der Waals surface area contributed by atoms with Crippen LogP contribution in [0.5, 0.6) is 5.75 Å². The number of hydrogen-bond donors (Lipinski definition) is 1. The average Bonchev–Trinajstić information content (AvgIpc) is 3.72. The number of rotatable bonds is 8. The van der Waals surface area contributed by atoms with Gasteiger partial charge in [0, 0.05) is 19.5 Å². The third-order valence-electron chi connectivity index (χ3n) is 14.2.